The summed E-state index contributed by atoms with van der Waals surface area (Å²) in [6, 6.07) is 9.95. The molecular formula is C14H17NO2S. The lowest BCUT2D eigenvalue weighted by molar-refractivity contribution is 0.289. The Morgan fingerprint density at radius 1 is 1.33 bits per heavy atom. The Kier molecular flexibility index (Phi) is 4.84. The van der Waals surface area contributed by atoms with Crippen LogP contribution in [0.15, 0.2) is 40.9 Å². The SMILES string of the molecule is CC(CCO)SCc1ncc(-c2ccccc2)o1. The summed E-state index contributed by atoms with van der Waals surface area (Å²) in [7, 11) is 0. The van der Waals surface area contributed by atoms with E-state index in [2.05, 4.69) is 11.9 Å². The molecular weight excluding hydrogens is 246 g/mol. The molecule has 0 radical (unpaired) electrons. The second-order valence-corrected chi connectivity index (χ2v) is 5.54. The molecule has 3 nitrogen and oxygen atoms in total. The predicted molar refractivity (Wildman–Crippen MR) is 74.4 cm³/mol. The van der Waals surface area contributed by atoms with Gasteiger partial charge in [-0.15, -0.1) is 11.8 Å². The van der Waals surface area contributed by atoms with E-state index in [1.54, 1.807) is 18.0 Å². The zero-order chi connectivity index (χ0) is 12.8. The molecule has 0 bridgehead atoms. The van der Waals surface area contributed by atoms with Crippen LogP contribution in [0.4, 0.5) is 0 Å². The monoisotopic (exact) mass is 263 g/mol. The minimum Gasteiger partial charge on any atom is -0.440 e. The van der Waals surface area contributed by atoms with E-state index >= 15 is 0 Å². The molecule has 1 N–H and O–H groups in total. The van der Waals surface area contributed by atoms with E-state index in [1.807, 2.05) is 30.3 Å². The largest absolute Gasteiger partial charge is 0.440 e. The molecule has 2 aromatic rings. The maximum atomic E-state index is 8.83. The van der Waals surface area contributed by atoms with Gasteiger partial charge in [-0.05, 0) is 6.42 Å². The Hall–Kier alpha value is -1.26. The Bertz CT molecular complexity index is 470. The number of thioether (sulfide) groups is 1. The first-order chi connectivity index (χ1) is 8.79. The Morgan fingerprint density at radius 2 is 2.11 bits per heavy atom. The highest BCUT2D eigenvalue weighted by atomic mass is 32.2. The zero-order valence-electron chi connectivity index (χ0n) is 10.4. The number of nitrogens with zero attached hydrogens (tertiary/aromatic N) is 1. The van der Waals surface area contributed by atoms with Crippen molar-refractivity contribution in [3.05, 3.63) is 42.4 Å². The molecule has 96 valence electrons. The standard InChI is InChI=1S/C14H17NO2S/c1-11(7-8-16)18-10-14-15-9-13(17-14)12-5-3-2-4-6-12/h2-6,9,11,16H,7-8,10H2,1H3. The highest BCUT2D eigenvalue weighted by molar-refractivity contribution is 7.99. The van der Waals surface area contributed by atoms with Gasteiger partial charge in [0.15, 0.2) is 5.76 Å². The van der Waals surface area contributed by atoms with Crippen molar-refractivity contribution >= 4 is 11.8 Å². The summed E-state index contributed by atoms with van der Waals surface area (Å²) in [6.07, 6.45) is 2.57. The van der Waals surface area contributed by atoms with Crippen molar-refractivity contribution in [2.45, 2.75) is 24.3 Å². The van der Waals surface area contributed by atoms with E-state index in [4.69, 9.17) is 9.52 Å². The lowest BCUT2D eigenvalue weighted by atomic mass is 10.2. The van der Waals surface area contributed by atoms with Crippen LogP contribution < -0.4 is 0 Å². The van der Waals surface area contributed by atoms with Crippen molar-refractivity contribution in [2.24, 2.45) is 0 Å². The lowest BCUT2D eigenvalue weighted by Gasteiger charge is -2.06. The number of hydrogen-bond donors (Lipinski definition) is 1. The summed E-state index contributed by atoms with van der Waals surface area (Å²) >= 11 is 1.75. The molecule has 18 heavy (non-hydrogen) atoms. The van der Waals surface area contributed by atoms with Crippen LogP contribution in [0, 0.1) is 0 Å². The highest BCUT2D eigenvalue weighted by Crippen LogP contribution is 2.24. The molecule has 4 heteroatoms. The average molecular weight is 263 g/mol. The summed E-state index contributed by atoms with van der Waals surface area (Å²) in [5.41, 5.74) is 1.05. The number of hydrogen-bond acceptors (Lipinski definition) is 4. The fraction of sp³-hybridized carbons (Fsp3) is 0.357. The van der Waals surface area contributed by atoms with E-state index in [0.717, 1.165) is 29.4 Å². The van der Waals surface area contributed by atoms with Crippen molar-refractivity contribution in [2.75, 3.05) is 6.61 Å². The third-order valence-corrected chi connectivity index (χ3v) is 3.86. The quantitative estimate of drug-likeness (QED) is 0.868. The first kappa shape index (κ1) is 13.2. The van der Waals surface area contributed by atoms with E-state index in [1.165, 1.54) is 0 Å². The molecule has 2 rings (SSSR count). The highest BCUT2D eigenvalue weighted by Gasteiger charge is 2.08. The van der Waals surface area contributed by atoms with E-state index in [9.17, 15) is 0 Å². The van der Waals surface area contributed by atoms with Gasteiger partial charge in [-0.3, -0.25) is 0 Å². The summed E-state index contributed by atoms with van der Waals surface area (Å²) < 4.78 is 5.70. The van der Waals surface area contributed by atoms with Crippen molar-refractivity contribution in [3.63, 3.8) is 0 Å². The Labute approximate surface area is 111 Å². The maximum Gasteiger partial charge on any atom is 0.204 e. The van der Waals surface area contributed by atoms with E-state index < -0.39 is 0 Å². The van der Waals surface area contributed by atoms with Gasteiger partial charge in [0.1, 0.15) is 0 Å². The number of rotatable bonds is 6. The molecule has 0 aliphatic heterocycles. The van der Waals surface area contributed by atoms with Crippen LogP contribution in [0.25, 0.3) is 11.3 Å². The molecule has 0 saturated heterocycles. The van der Waals surface area contributed by atoms with Crippen LogP contribution in [0.1, 0.15) is 19.2 Å². The molecule has 1 atom stereocenters. The molecule has 1 heterocycles. The predicted octanol–water partition coefficient (Wildman–Crippen LogP) is 3.35. The van der Waals surface area contributed by atoms with Crippen LogP contribution in [0.3, 0.4) is 0 Å². The van der Waals surface area contributed by atoms with Gasteiger partial charge in [0, 0.05) is 17.4 Å². The molecule has 1 unspecified atom stereocenters. The Balaban J connectivity index is 1.95. The van der Waals surface area contributed by atoms with Crippen molar-refractivity contribution < 1.29 is 9.52 Å². The lowest BCUT2D eigenvalue weighted by Crippen LogP contribution is -1.99. The molecule has 0 amide bonds. The number of oxazole rings is 1. The van der Waals surface area contributed by atoms with Crippen molar-refractivity contribution in [1.29, 1.82) is 0 Å². The second kappa shape index (κ2) is 6.61. The van der Waals surface area contributed by atoms with Crippen LogP contribution in [-0.2, 0) is 5.75 Å². The summed E-state index contributed by atoms with van der Waals surface area (Å²) in [5, 5.41) is 9.25. The topological polar surface area (TPSA) is 46.3 Å². The summed E-state index contributed by atoms with van der Waals surface area (Å²) in [4.78, 5) is 4.27. The molecule has 0 aliphatic rings. The second-order valence-electron chi connectivity index (χ2n) is 4.12. The molecule has 0 spiro atoms. The Morgan fingerprint density at radius 3 is 2.83 bits per heavy atom. The van der Waals surface area contributed by atoms with Crippen LogP contribution >= 0.6 is 11.8 Å². The molecule has 1 aromatic carbocycles. The van der Waals surface area contributed by atoms with Crippen molar-refractivity contribution in [1.82, 2.24) is 4.98 Å². The zero-order valence-corrected chi connectivity index (χ0v) is 11.2. The normalized spacial score (nSPS) is 12.6. The van der Waals surface area contributed by atoms with E-state index in [-0.39, 0.29) is 6.61 Å². The molecule has 0 saturated carbocycles. The first-order valence-electron chi connectivity index (χ1n) is 6.02. The smallest absolute Gasteiger partial charge is 0.204 e. The maximum absolute atomic E-state index is 8.83. The summed E-state index contributed by atoms with van der Waals surface area (Å²) in [6.45, 7) is 2.33. The van der Waals surface area contributed by atoms with Gasteiger partial charge in [-0.2, -0.15) is 0 Å². The average Bonchev–Trinajstić information content (AvgIpc) is 2.87. The van der Waals surface area contributed by atoms with Gasteiger partial charge in [0.2, 0.25) is 5.89 Å². The number of aliphatic hydroxyl groups is 1. The van der Waals surface area contributed by atoms with E-state index in [0.29, 0.717) is 5.25 Å². The minimum atomic E-state index is 0.231. The van der Waals surface area contributed by atoms with Gasteiger partial charge in [0.25, 0.3) is 0 Å². The molecule has 0 aliphatic carbocycles. The van der Waals surface area contributed by atoms with Gasteiger partial charge in [0.05, 0.1) is 11.9 Å². The fourth-order valence-corrected chi connectivity index (χ4v) is 2.42. The fourth-order valence-electron chi connectivity index (χ4n) is 1.59. The van der Waals surface area contributed by atoms with Gasteiger partial charge in [-0.25, -0.2) is 4.98 Å². The summed E-state index contributed by atoms with van der Waals surface area (Å²) in [5.74, 6) is 2.29. The molecule has 1 aromatic heterocycles. The first-order valence-corrected chi connectivity index (χ1v) is 7.07. The molecule has 0 fully saturated rings. The third kappa shape index (κ3) is 3.62. The third-order valence-electron chi connectivity index (χ3n) is 2.64. The number of aromatic nitrogens is 1. The van der Waals surface area contributed by atoms with Crippen LogP contribution in [0.2, 0.25) is 0 Å². The van der Waals surface area contributed by atoms with Crippen LogP contribution in [-0.4, -0.2) is 21.9 Å². The van der Waals surface area contributed by atoms with Gasteiger partial charge < -0.3 is 9.52 Å². The van der Waals surface area contributed by atoms with Crippen molar-refractivity contribution in [3.8, 4) is 11.3 Å². The van der Waals surface area contributed by atoms with Gasteiger partial charge in [-0.1, -0.05) is 37.3 Å². The van der Waals surface area contributed by atoms with Gasteiger partial charge >= 0.3 is 0 Å². The number of aliphatic hydroxyl groups excluding tert-OH is 1. The van der Waals surface area contributed by atoms with Crippen LogP contribution in [0.5, 0.6) is 0 Å². The minimum absolute atomic E-state index is 0.231. The number of benzene rings is 1.